The Morgan fingerprint density at radius 1 is 1.06 bits per heavy atom. The molecule has 0 saturated carbocycles. The number of methoxy groups -OCH3 is 2. The highest BCUT2D eigenvalue weighted by Crippen LogP contribution is 2.31. The van der Waals surface area contributed by atoms with E-state index in [9.17, 15) is 4.79 Å². The van der Waals surface area contributed by atoms with Gasteiger partial charge in [0.1, 0.15) is 5.75 Å². The number of aryl methyl sites for hydroxylation is 1. The van der Waals surface area contributed by atoms with Crippen LogP contribution in [0, 0.1) is 6.92 Å². The Balaban J connectivity index is 0.000000243. The third kappa shape index (κ3) is 5.88. The molecular weight excluding hydrogens is 406 g/mol. The Morgan fingerprint density at radius 3 is 2.38 bits per heavy atom. The minimum atomic E-state index is -0.291. The van der Waals surface area contributed by atoms with Crippen molar-refractivity contribution in [3.8, 4) is 5.75 Å². The molecule has 1 aliphatic rings. The van der Waals surface area contributed by atoms with Gasteiger partial charge >= 0.3 is 5.97 Å². The molecule has 2 N–H and O–H groups in total. The SMILES string of the molecule is COC(=O)c1ccccc1.COc1cc(C)c2[nH]ccc2c1CN1CCN(CCO)CC1. The minimum Gasteiger partial charge on any atom is -0.496 e. The maximum Gasteiger partial charge on any atom is 0.337 e. The molecular formula is C25H33N3O4. The smallest absolute Gasteiger partial charge is 0.337 e. The summed E-state index contributed by atoms with van der Waals surface area (Å²) in [5, 5.41) is 10.3. The molecule has 0 atom stereocenters. The van der Waals surface area contributed by atoms with Crippen LogP contribution in [0.5, 0.6) is 5.75 Å². The van der Waals surface area contributed by atoms with Gasteiger partial charge in [-0.25, -0.2) is 4.79 Å². The molecule has 4 rings (SSSR count). The maximum atomic E-state index is 10.8. The van der Waals surface area contributed by atoms with Crippen molar-refractivity contribution in [1.29, 1.82) is 0 Å². The molecule has 0 spiro atoms. The Kier molecular flexibility index (Phi) is 8.67. The number of hydrogen-bond acceptors (Lipinski definition) is 6. The topological polar surface area (TPSA) is 78.0 Å². The summed E-state index contributed by atoms with van der Waals surface area (Å²) in [7, 11) is 3.12. The van der Waals surface area contributed by atoms with Crippen molar-refractivity contribution in [1.82, 2.24) is 14.8 Å². The second kappa shape index (κ2) is 11.7. The van der Waals surface area contributed by atoms with Gasteiger partial charge < -0.3 is 19.6 Å². The van der Waals surface area contributed by atoms with E-state index in [4.69, 9.17) is 9.84 Å². The first kappa shape index (κ1) is 23.8. The molecule has 2 aromatic carbocycles. The highest BCUT2D eigenvalue weighted by molar-refractivity contribution is 5.89. The van der Waals surface area contributed by atoms with Crippen LogP contribution in [0.3, 0.4) is 0 Å². The van der Waals surface area contributed by atoms with Crippen LogP contribution in [0.25, 0.3) is 10.9 Å². The minimum absolute atomic E-state index is 0.246. The van der Waals surface area contributed by atoms with Crippen LogP contribution < -0.4 is 4.74 Å². The van der Waals surface area contributed by atoms with E-state index in [0.717, 1.165) is 45.0 Å². The van der Waals surface area contributed by atoms with Crippen LogP contribution in [-0.2, 0) is 11.3 Å². The zero-order valence-corrected chi connectivity index (χ0v) is 19.1. The molecule has 0 bridgehead atoms. The van der Waals surface area contributed by atoms with Gasteiger partial charge in [0.15, 0.2) is 0 Å². The lowest BCUT2D eigenvalue weighted by Crippen LogP contribution is -2.46. The van der Waals surface area contributed by atoms with E-state index in [2.05, 4.69) is 38.6 Å². The number of rotatable bonds is 6. The number of nitrogens with zero attached hydrogens (tertiary/aromatic N) is 2. The summed E-state index contributed by atoms with van der Waals surface area (Å²) in [4.78, 5) is 18.9. The molecule has 1 aromatic heterocycles. The van der Waals surface area contributed by atoms with E-state index >= 15 is 0 Å². The van der Waals surface area contributed by atoms with Crippen LogP contribution in [0.15, 0.2) is 48.7 Å². The average Bonchev–Trinajstić information content (AvgIpc) is 3.33. The van der Waals surface area contributed by atoms with Gasteiger partial charge in [0.25, 0.3) is 0 Å². The van der Waals surface area contributed by atoms with Gasteiger partial charge in [0, 0.05) is 61.9 Å². The molecule has 7 heteroatoms. The third-order valence-corrected chi connectivity index (χ3v) is 5.79. The van der Waals surface area contributed by atoms with Crippen LogP contribution in [0.2, 0.25) is 0 Å². The summed E-state index contributed by atoms with van der Waals surface area (Å²) in [5.41, 5.74) is 4.27. The van der Waals surface area contributed by atoms with Gasteiger partial charge in [0.2, 0.25) is 0 Å². The molecule has 0 amide bonds. The predicted octanol–water partition coefficient (Wildman–Crippen LogP) is 3.07. The van der Waals surface area contributed by atoms with Crippen LogP contribution >= 0.6 is 0 Å². The monoisotopic (exact) mass is 439 g/mol. The van der Waals surface area contributed by atoms with E-state index in [-0.39, 0.29) is 12.6 Å². The molecule has 1 aliphatic heterocycles. The lowest BCUT2D eigenvalue weighted by Gasteiger charge is -2.34. The van der Waals surface area contributed by atoms with Crippen molar-refractivity contribution in [2.45, 2.75) is 13.5 Å². The van der Waals surface area contributed by atoms with E-state index in [1.807, 2.05) is 12.3 Å². The normalized spacial score (nSPS) is 14.6. The Labute approximate surface area is 189 Å². The summed E-state index contributed by atoms with van der Waals surface area (Å²) < 4.78 is 10.1. The first-order chi connectivity index (χ1) is 15.6. The number of aliphatic hydroxyl groups excluding tert-OH is 1. The fourth-order valence-electron chi connectivity index (χ4n) is 4.01. The summed E-state index contributed by atoms with van der Waals surface area (Å²) in [6.45, 7) is 8.14. The molecule has 7 nitrogen and oxygen atoms in total. The Hall–Kier alpha value is -2.87. The van der Waals surface area contributed by atoms with E-state index < -0.39 is 0 Å². The molecule has 1 fully saturated rings. The number of esters is 1. The van der Waals surface area contributed by atoms with Gasteiger partial charge in [-0.05, 0) is 36.8 Å². The van der Waals surface area contributed by atoms with Crippen molar-refractivity contribution in [2.24, 2.45) is 0 Å². The van der Waals surface area contributed by atoms with Crippen molar-refractivity contribution in [3.05, 3.63) is 65.4 Å². The van der Waals surface area contributed by atoms with Crippen molar-refractivity contribution < 1.29 is 19.4 Å². The average molecular weight is 440 g/mol. The van der Waals surface area contributed by atoms with Crippen LogP contribution in [0.1, 0.15) is 21.5 Å². The molecule has 3 aromatic rings. The van der Waals surface area contributed by atoms with E-state index in [0.29, 0.717) is 5.56 Å². The molecule has 0 unspecified atom stereocenters. The number of benzene rings is 2. The number of hydrogen-bond donors (Lipinski definition) is 2. The summed E-state index contributed by atoms with van der Waals surface area (Å²) in [6.07, 6.45) is 2.00. The number of H-pyrrole nitrogens is 1. The number of ether oxygens (including phenoxy) is 2. The summed E-state index contributed by atoms with van der Waals surface area (Å²) in [5.74, 6) is 0.683. The largest absolute Gasteiger partial charge is 0.496 e. The van der Waals surface area contributed by atoms with Gasteiger partial charge in [-0.1, -0.05) is 18.2 Å². The number of carbonyl (C=O) groups is 1. The second-order valence-corrected chi connectivity index (χ2v) is 7.84. The van der Waals surface area contributed by atoms with Gasteiger partial charge in [-0.2, -0.15) is 0 Å². The van der Waals surface area contributed by atoms with Crippen LogP contribution in [-0.4, -0.2) is 79.4 Å². The highest BCUT2D eigenvalue weighted by Gasteiger charge is 2.20. The van der Waals surface area contributed by atoms with Crippen LogP contribution in [0.4, 0.5) is 0 Å². The number of fused-ring (bicyclic) bond motifs is 1. The molecule has 0 aliphatic carbocycles. The zero-order valence-electron chi connectivity index (χ0n) is 19.1. The predicted molar refractivity (Wildman–Crippen MR) is 126 cm³/mol. The third-order valence-electron chi connectivity index (χ3n) is 5.79. The number of β-amino-alcohol motifs (C(OH)–C–C–N with tert-alkyl or cyclic N) is 1. The Bertz CT molecular complexity index is 995. The molecule has 0 radical (unpaired) electrons. The van der Waals surface area contributed by atoms with E-state index in [1.165, 1.54) is 29.1 Å². The molecule has 172 valence electrons. The van der Waals surface area contributed by atoms with Gasteiger partial charge in [-0.3, -0.25) is 9.80 Å². The second-order valence-electron chi connectivity index (χ2n) is 7.84. The number of aromatic nitrogens is 1. The maximum absolute atomic E-state index is 10.8. The summed E-state index contributed by atoms with van der Waals surface area (Å²) >= 11 is 0. The highest BCUT2D eigenvalue weighted by atomic mass is 16.5. The fourth-order valence-corrected chi connectivity index (χ4v) is 4.01. The standard InChI is InChI=1S/C17H25N3O2.C8H8O2/c1-13-11-16(22-2)15(14-3-4-18-17(13)14)12-20-7-5-19(6-8-20)9-10-21;1-10-8(9)7-5-3-2-4-6-7/h3-4,11,18,21H,5-10,12H2,1-2H3;2-6H,1H3. The first-order valence-electron chi connectivity index (χ1n) is 10.9. The molecule has 32 heavy (non-hydrogen) atoms. The van der Waals surface area contributed by atoms with Gasteiger partial charge in [0.05, 0.1) is 26.4 Å². The van der Waals surface area contributed by atoms with Crippen molar-refractivity contribution in [3.63, 3.8) is 0 Å². The fraction of sp³-hybridized carbons (Fsp3) is 0.400. The van der Waals surface area contributed by atoms with E-state index in [1.54, 1.807) is 31.4 Å². The Morgan fingerprint density at radius 2 is 1.75 bits per heavy atom. The number of aromatic amines is 1. The van der Waals surface area contributed by atoms with Crippen molar-refractivity contribution >= 4 is 16.9 Å². The molecule has 2 heterocycles. The summed E-state index contributed by atoms with van der Waals surface area (Å²) in [6, 6.07) is 13.1. The molecule has 1 saturated heterocycles. The first-order valence-corrected chi connectivity index (χ1v) is 10.9. The number of carbonyl (C=O) groups excluding carboxylic acids is 1. The number of nitrogens with one attached hydrogen (secondary N) is 1. The number of aliphatic hydroxyl groups is 1. The quantitative estimate of drug-likeness (QED) is 0.575. The van der Waals surface area contributed by atoms with Gasteiger partial charge in [-0.15, -0.1) is 0 Å². The number of piperazine rings is 1. The lowest BCUT2D eigenvalue weighted by molar-refractivity contribution is 0.0600. The zero-order chi connectivity index (χ0) is 22.9. The lowest BCUT2D eigenvalue weighted by atomic mass is 10.0. The van der Waals surface area contributed by atoms with Crippen molar-refractivity contribution in [2.75, 3.05) is 53.6 Å².